The summed E-state index contributed by atoms with van der Waals surface area (Å²) in [6.07, 6.45) is 5.41. The first-order valence-corrected chi connectivity index (χ1v) is 8.91. The summed E-state index contributed by atoms with van der Waals surface area (Å²) in [6, 6.07) is 1.17. The van der Waals surface area contributed by atoms with Crippen molar-refractivity contribution in [1.29, 1.82) is 0 Å². The summed E-state index contributed by atoms with van der Waals surface area (Å²) in [5.41, 5.74) is 3.05. The van der Waals surface area contributed by atoms with E-state index >= 15 is 4.39 Å². The number of pyridine rings is 1. The van der Waals surface area contributed by atoms with E-state index in [9.17, 15) is 14.7 Å². The number of benzene rings is 1. The molecule has 1 aromatic heterocycles. The molecule has 9 heteroatoms. The van der Waals surface area contributed by atoms with E-state index in [1.54, 1.807) is 15.7 Å². The van der Waals surface area contributed by atoms with Gasteiger partial charge in [-0.3, -0.25) is 15.1 Å². The number of ether oxygens (including phenoxy) is 1. The SMILES string of the molecule is CONC1=CN(c2c(F)cc3c(=O)c(C(=O)O)cn(C4CC4)c3c2OC)CC1. The molecule has 28 heavy (non-hydrogen) atoms. The maximum atomic E-state index is 15.1. The molecule has 0 unspecified atom stereocenters. The molecule has 0 atom stereocenters. The number of rotatable bonds is 6. The second-order valence-electron chi connectivity index (χ2n) is 6.86. The lowest BCUT2D eigenvalue weighted by molar-refractivity contribution is 0.0695. The van der Waals surface area contributed by atoms with Crippen molar-refractivity contribution in [2.45, 2.75) is 25.3 Å². The second kappa shape index (κ2) is 6.83. The third kappa shape index (κ3) is 2.88. The number of carboxylic acids is 1. The monoisotopic (exact) mass is 389 g/mol. The van der Waals surface area contributed by atoms with E-state index in [0.717, 1.165) is 24.6 Å². The highest BCUT2D eigenvalue weighted by Crippen LogP contribution is 2.44. The zero-order valence-electron chi connectivity index (χ0n) is 15.5. The number of hydrogen-bond acceptors (Lipinski definition) is 6. The van der Waals surface area contributed by atoms with E-state index in [2.05, 4.69) is 5.48 Å². The molecule has 1 aromatic carbocycles. The lowest BCUT2D eigenvalue weighted by atomic mass is 10.1. The van der Waals surface area contributed by atoms with Crippen molar-refractivity contribution in [3.63, 3.8) is 0 Å². The van der Waals surface area contributed by atoms with E-state index in [0.29, 0.717) is 18.5 Å². The number of anilines is 1. The number of nitrogens with zero attached hydrogens (tertiary/aromatic N) is 2. The Bertz CT molecular complexity index is 1060. The largest absolute Gasteiger partial charge is 0.492 e. The topological polar surface area (TPSA) is 93.0 Å². The van der Waals surface area contributed by atoms with Crippen LogP contribution in [0.1, 0.15) is 35.7 Å². The maximum absolute atomic E-state index is 15.1. The van der Waals surface area contributed by atoms with Gasteiger partial charge < -0.3 is 19.3 Å². The molecule has 0 spiro atoms. The lowest BCUT2D eigenvalue weighted by Gasteiger charge is -2.23. The third-order valence-corrected chi connectivity index (χ3v) is 5.03. The van der Waals surface area contributed by atoms with Crippen LogP contribution in [0, 0.1) is 5.82 Å². The molecular formula is C19H20FN3O5. The van der Waals surface area contributed by atoms with Gasteiger partial charge in [-0.2, -0.15) is 0 Å². The molecule has 1 saturated carbocycles. The van der Waals surface area contributed by atoms with E-state index in [1.165, 1.54) is 20.4 Å². The Morgan fingerprint density at radius 1 is 1.36 bits per heavy atom. The predicted octanol–water partition coefficient (Wildman–Crippen LogP) is 2.38. The van der Waals surface area contributed by atoms with Gasteiger partial charge in [0.1, 0.15) is 11.3 Å². The van der Waals surface area contributed by atoms with E-state index in [1.807, 2.05) is 0 Å². The predicted molar refractivity (Wildman–Crippen MR) is 100 cm³/mol. The molecule has 1 aliphatic heterocycles. The number of nitrogens with one attached hydrogen (secondary N) is 1. The number of methoxy groups -OCH3 is 1. The van der Waals surface area contributed by atoms with Crippen LogP contribution in [0.15, 0.2) is 29.0 Å². The molecule has 4 rings (SSSR count). The number of aromatic nitrogens is 1. The molecule has 0 bridgehead atoms. The van der Waals surface area contributed by atoms with Crippen LogP contribution in [-0.2, 0) is 4.84 Å². The zero-order valence-corrected chi connectivity index (χ0v) is 15.5. The van der Waals surface area contributed by atoms with Gasteiger partial charge in [0.15, 0.2) is 11.6 Å². The summed E-state index contributed by atoms with van der Waals surface area (Å²) >= 11 is 0. The summed E-state index contributed by atoms with van der Waals surface area (Å²) < 4.78 is 22.4. The maximum Gasteiger partial charge on any atom is 0.341 e. The van der Waals surface area contributed by atoms with E-state index in [4.69, 9.17) is 9.57 Å². The lowest BCUT2D eigenvalue weighted by Crippen LogP contribution is -2.21. The fraction of sp³-hybridized carbons (Fsp3) is 0.368. The Hall–Kier alpha value is -3.07. The smallest absolute Gasteiger partial charge is 0.341 e. The Morgan fingerprint density at radius 3 is 2.71 bits per heavy atom. The summed E-state index contributed by atoms with van der Waals surface area (Å²) in [5, 5.41) is 9.38. The average molecular weight is 389 g/mol. The summed E-state index contributed by atoms with van der Waals surface area (Å²) in [7, 11) is 2.91. The summed E-state index contributed by atoms with van der Waals surface area (Å²) in [4.78, 5) is 30.8. The van der Waals surface area contributed by atoms with Crippen molar-refractivity contribution < 1.29 is 23.9 Å². The normalized spacial score (nSPS) is 16.4. The number of halogens is 1. The standard InChI is InChI=1S/C19H20FN3O5/c1-27-18-15-12(17(24)13(19(25)26)9-23(15)11-3-4-11)7-14(20)16(18)22-6-5-10(8-22)21-28-2/h7-9,11,21H,3-6H2,1-2H3,(H,25,26). The van der Waals surface area contributed by atoms with Crippen LogP contribution >= 0.6 is 0 Å². The number of aromatic carboxylic acids is 1. The van der Waals surface area contributed by atoms with Crippen LogP contribution in [0.4, 0.5) is 10.1 Å². The van der Waals surface area contributed by atoms with Gasteiger partial charge in [0.2, 0.25) is 5.43 Å². The quantitative estimate of drug-likeness (QED) is 0.733. The Labute approximate surface area is 159 Å². The van der Waals surface area contributed by atoms with Crippen molar-refractivity contribution in [3.05, 3.63) is 45.8 Å². The van der Waals surface area contributed by atoms with Gasteiger partial charge in [-0.15, -0.1) is 0 Å². The van der Waals surface area contributed by atoms with E-state index < -0.39 is 17.2 Å². The van der Waals surface area contributed by atoms with Crippen molar-refractivity contribution in [2.24, 2.45) is 0 Å². The second-order valence-corrected chi connectivity index (χ2v) is 6.86. The molecular weight excluding hydrogens is 369 g/mol. The van der Waals surface area contributed by atoms with Crippen LogP contribution in [-0.4, -0.2) is 36.4 Å². The van der Waals surface area contributed by atoms with Crippen molar-refractivity contribution >= 4 is 22.6 Å². The summed E-state index contributed by atoms with van der Waals surface area (Å²) in [6.45, 7) is 0.505. The highest BCUT2D eigenvalue weighted by Gasteiger charge is 2.31. The first-order valence-electron chi connectivity index (χ1n) is 8.91. The first-order chi connectivity index (χ1) is 13.5. The number of carboxylic acid groups (broad SMARTS) is 1. The highest BCUT2D eigenvalue weighted by atomic mass is 19.1. The fourth-order valence-corrected chi connectivity index (χ4v) is 3.64. The van der Waals surface area contributed by atoms with Crippen molar-refractivity contribution in [1.82, 2.24) is 10.0 Å². The number of hydroxylamine groups is 1. The Morgan fingerprint density at radius 2 is 2.11 bits per heavy atom. The minimum absolute atomic E-state index is 0.00307. The molecule has 0 radical (unpaired) electrons. The van der Waals surface area contributed by atoms with Crippen LogP contribution in [0.2, 0.25) is 0 Å². The minimum Gasteiger partial charge on any atom is -0.492 e. The fourth-order valence-electron chi connectivity index (χ4n) is 3.64. The van der Waals surface area contributed by atoms with Crippen molar-refractivity contribution in [2.75, 3.05) is 25.7 Å². The van der Waals surface area contributed by atoms with E-state index in [-0.39, 0.29) is 28.4 Å². The molecule has 0 amide bonds. The van der Waals surface area contributed by atoms with Crippen LogP contribution < -0.4 is 20.5 Å². The third-order valence-electron chi connectivity index (χ3n) is 5.03. The molecule has 2 N–H and O–H groups in total. The van der Waals surface area contributed by atoms with Gasteiger partial charge in [-0.05, 0) is 18.9 Å². The molecule has 1 fully saturated rings. The Balaban J connectivity index is 2.00. The minimum atomic E-state index is -1.33. The van der Waals surface area contributed by atoms with Crippen molar-refractivity contribution in [3.8, 4) is 5.75 Å². The molecule has 2 heterocycles. The number of carbonyl (C=O) groups is 1. The molecule has 2 aliphatic rings. The van der Waals surface area contributed by atoms with Crippen LogP contribution in [0.3, 0.4) is 0 Å². The molecule has 1 aliphatic carbocycles. The zero-order chi connectivity index (χ0) is 20.0. The van der Waals surface area contributed by atoms with Crippen LogP contribution in [0.25, 0.3) is 10.9 Å². The van der Waals surface area contributed by atoms with Gasteiger partial charge in [0, 0.05) is 31.4 Å². The first kappa shape index (κ1) is 18.3. The van der Waals surface area contributed by atoms with Gasteiger partial charge in [0.25, 0.3) is 0 Å². The molecule has 148 valence electrons. The molecule has 8 nitrogen and oxygen atoms in total. The van der Waals surface area contributed by atoms with Crippen LogP contribution in [0.5, 0.6) is 5.75 Å². The summed E-state index contributed by atoms with van der Waals surface area (Å²) in [5.74, 6) is -1.77. The average Bonchev–Trinajstić information content (AvgIpc) is 3.40. The van der Waals surface area contributed by atoms with Gasteiger partial charge in [0.05, 0.1) is 30.8 Å². The molecule has 0 saturated heterocycles. The number of fused-ring (bicyclic) bond motifs is 1. The Kier molecular flexibility index (Phi) is 4.46. The van der Waals surface area contributed by atoms with Gasteiger partial charge in [-0.1, -0.05) is 0 Å². The highest BCUT2D eigenvalue weighted by molar-refractivity contribution is 5.97. The molecule has 2 aromatic rings. The van der Waals surface area contributed by atoms with Gasteiger partial charge in [-0.25, -0.2) is 9.18 Å². The van der Waals surface area contributed by atoms with Gasteiger partial charge >= 0.3 is 5.97 Å². The number of hydrogen-bond donors (Lipinski definition) is 2.